The molecule has 1 aliphatic heterocycles. The second-order valence-electron chi connectivity index (χ2n) is 6.88. The second-order valence-corrected chi connectivity index (χ2v) is 6.88. The third-order valence-corrected chi connectivity index (χ3v) is 5.53. The quantitative estimate of drug-likeness (QED) is 0.826. The molecule has 2 fully saturated rings. The molecular weight excluding hydrogens is 220 g/mol. The van der Waals surface area contributed by atoms with E-state index in [-0.39, 0.29) is 0 Å². The average Bonchev–Trinajstić information content (AvgIpc) is 2.40. The van der Waals surface area contributed by atoms with Gasteiger partial charge in [0.15, 0.2) is 0 Å². The third-order valence-electron chi connectivity index (χ3n) is 5.53. The Balaban J connectivity index is 1.93. The maximum Gasteiger partial charge on any atom is 0.0118 e. The van der Waals surface area contributed by atoms with Crippen LogP contribution in [-0.4, -0.2) is 37.6 Å². The van der Waals surface area contributed by atoms with Gasteiger partial charge in [-0.1, -0.05) is 26.7 Å². The fraction of sp³-hybridized carbons (Fsp3) is 1.00. The first-order valence-corrected chi connectivity index (χ1v) is 8.08. The first kappa shape index (κ1) is 14.3. The van der Waals surface area contributed by atoms with Crippen LogP contribution in [0.1, 0.15) is 58.8 Å². The van der Waals surface area contributed by atoms with Crippen molar-refractivity contribution < 1.29 is 0 Å². The van der Waals surface area contributed by atoms with Crippen molar-refractivity contribution in [2.75, 3.05) is 26.7 Å². The minimum Gasteiger partial charge on any atom is -0.316 e. The molecule has 0 radical (unpaired) electrons. The fourth-order valence-corrected chi connectivity index (χ4v) is 4.18. The van der Waals surface area contributed by atoms with Crippen LogP contribution in [-0.2, 0) is 0 Å². The lowest BCUT2D eigenvalue weighted by atomic mass is 9.76. The van der Waals surface area contributed by atoms with Crippen molar-refractivity contribution in [3.63, 3.8) is 0 Å². The van der Waals surface area contributed by atoms with Gasteiger partial charge in [-0.25, -0.2) is 0 Å². The molecule has 0 amide bonds. The van der Waals surface area contributed by atoms with Crippen LogP contribution in [0.15, 0.2) is 0 Å². The van der Waals surface area contributed by atoms with Gasteiger partial charge in [-0.05, 0) is 57.0 Å². The van der Waals surface area contributed by atoms with E-state index >= 15 is 0 Å². The van der Waals surface area contributed by atoms with E-state index in [4.69, 9.17) is 0 Å². The molecule has 1 aliphatic carbocycles. The van der Waals surface area contributed by atoms with E-state index in [9.17, 15) is 0 Å². The van der Waals surface area contributed by atoms with Gasteiger partial charge in [0.25, 0.3) is 0 Å². The van der Waals surface area contributed by atoms with Crippen molar-refractivity contribution in [3.05, 3.63) is 0 Å². The third kappa shape index (κ3) is 3.27. The Bertz CT molecular complexity index is 245. The van der Waals surface area contributed by atoms with E-state index in [2.05, 4.69) is 31.1 Å². The number of nitrogens with one attached hydrogen (secondary N) is 1. The Labute approximate surface area is 114 Å². The van der Waals surface area contributed by atoms with Gasteiger partial charge < -0.3 is 10.2 Å². The van der Waals surface area contributed by atoms with Gasteiger partial charge >= 0.3 is 0 Å². The van der Waals surface area contributed by atoms with Crippen molar-refractivity contribution >= 4 is 0 Å². The molecule has 106 valence electrons. The SMILES string of the molecule is CCC1(CN(C)C2CCCCC2C)CCCNC1. The van der Waals surface area contributed by atoms with E-state index in [1.54, 1.807) is 0 Å². The zero-order valence-corrected chi connectivity index (χ0v) is 12.7. The van der Waals surface area contributed by atoms with Crippen LogP contribution in [0.5, 0.6) is 0 Å². The van der Waals surface area contributed by atoms with Crippen LogP contribution in [0.4, 0.5) is 0 Å². The van der Waals surface area contributed by atoms with Crippen LogP contribution in [0.3, 0.4) is 0 Å². The maximum absolute atomic E-state index is 3.62. The Hall–Kier alpha value is -0.0800. The van der Waals surface area contributed by atoms with E-state index in [1.807, 2.05) is 0 Å². The summed E-state index contributed by atoms with van der Waals surface area (Å²) < 4.78 is 0. The number of hydrogen-bond acceptors (Lipinski definition) is 2. The lowest BCUT2D eigenvalue weighted by Crippen LogP contribution is -2.50. The minimum atomic E-state index is 0.546. The molecule has 0 aromatic heterocycles. The Kier molecular flexibility index (Phi) is 5.08. The van der Waals surface area contributed by atoms with Gasteiger partial charge in [0, 0.05) is 19.1 Å². The Morgan fingerprint density at radius 1 is 1.22 bits per heavy atom. The second kappa shape index (κ2) is 6.38. The highest BCUT2D eigenvalue weighted by atomic mass is 15.1. The topological polar surface area (TPSA) is 15.3 Å². The first-order valence-electron chi connectivity index (χ1n) is 8.08. The summed E-state index contributed by atoms with van der Waals surface area (Å²) in [5.74, 6) is 0.897. The molecule has 0 aromatic rings. The molecule has 1 N–H and O–H groups in total. The smallest absolute Gasteiger partial charge is 0.0118 e. The largest absolute Gasteiger partial charge is 0.316 e. The molecule has 2 aliphatic rings. The summed E-state index contributed by atoms with van der Waals surface area (Å²) in [5.41, 5.74) is 0.546. The molecule has 0 bridgehead atoms. The predicted octanol–water partition coefficient (Wildman–Crippen LogP) is 3.28. The molecule has 2 heteroatoms. The van der Waals surface area contributed by atoms with Gasteiger partial charge in [-0.2, -0.15) is 0 Å². The molecule has 1 saturated heterocycles. The summed E-state index contributed by atoms with van der Waals surface area (Å²) in [6.07, 6.45) is 9.86. The van der Waals surface area contributed by atoms with Gasteiger partial charge in [0.1, 0.15) is 0 Å². The molecule has 0 aromatic carbocycles. The summed E-state index contributed by atoms with van der Waals surface area (Å²) in [6, 6.07) is 0.837. The van der Waals surface area contributed by atoms with Crippen LogP contribution < -0.4 is 5.32 Å². The average molecular weight is 252 g/mol. The molecule has 0 spiro atoms. The molecule has 1 heterocycles. The Morgan fingerprint density at radius 3 is 2.61 bits per heavy atom. The fourth-order valence-electron chi connectivity index (χ4n) is 4.18. The highest BCUT2D eigenvalue weighted by Gasteiger charge is 2.34. The maximum atomic E-state index is 3.62. The van der Waals surface area contributed by atoms with E-state index in [1.165, 1.54) is 64.6 Å². The molecule has 18 heavy (non-hydrogen) atoms. The Morgan fingerprint density at radius 2 is 2.00 bits per heavy atom. The molecular formula is C16H32N2. The predicted molar refractivity (Wildman–Crippen MR) is 78.9 cm³/mol. The normalized spacial score (nSPS) is 38.0. The summed E-state index contributed by atoms with van der Waals surface area (Å²) in [4.78, 5) is 2.69. The minimum absolute atomic E-state index is 0.546. The molecule has 1 saturated carbocycles. The van der Waals surface area contributed by atoms with Crippen LogP contribution in [0, 0.1) is 11.3 Å². The summed E-state index contributed by atoms with van der Waals surface area (Å²) in [7, 11) is 2.37. The molecule has 3 unspecified atom stereocenters. The zero-order valence-electron chi connectivity index (χ0n) is 12.7. The van der Waals surface area contributed by atoms with Crippen LogP contribution in [0.25, 0.3) is 0 Å². The highest BCUT2D eigenvalue weighted by molar-refractivity contribution is 4.89. The summed E-state index contributed by atoms with van der Waals surface area (Å²) in [6.45, 7) is 8.59. The van der Waals surface area contributed by atoms with Gasteiger partial charge in [-0.3, -0.25) is 0 Å². The van der Waals surface area contributed by atoms with Crippen molar-refractivity contribution in [3.8, 4) is 0 Å². The molecule has 2 rings (SSSR count). The molecule has 2 nitrogen and oxygen atoms in total. The monoisotopic (exact) mass is 252 g/mol. The number of piperidine rings is 1. The number of hydrogen-bond donors (Lipinski definition) is 1. The molecule has 3 atom stereocenters. The summed E-state index contributed by atoms with van der Waals surface area (Å²) >= 11 is 0. The van der Waals surface area contributed by atoms with E-state index < -0.39 is 0 Å². The van der Waals surface area contributed by atoms with Gasteiger partial charge in [0.2, 0.25) is 0 Å². The van der Waals surface area contributed by atoms with E-state index in [0.29, 0.717) is 5.41 Å². The number of nitrogens with zero attached hydrogens (tertiary/aromatic N) is 1. The zero-order chi connectivity index (χ0) is 13.0. The van der Waals surface area contributed by atoms with E-state index in [0.717, 1.165) is 12.0 Å². The highest BCUT2D eigenvalue weighted by Crippen LogP contribution is 2.34. The van der Waals surface area contributed by atoms with Crippen molar-refractivity contribution in [1.82, 2.24) is 10.2 Å². The number of rotatable bonds is 4. The first-order chi connectivity index (χ1) is 8.67. The van der Waals surface area contributed by atoms with Gasteiger partial charge in [-0.15, -0.1) is 0 Å². The lowest BCUT2D eigenvalue weighted by Gasteiger charge is -2.44. The van der Waals surface area contributed by atoms with Gasteiger partial charge in [0.05, 0.1) is 0 Å². The van der Waals surface area contributed by atoms with Crippen molar-refractivity contribution in [1.29, 1.82) is 0 Å². The lowest BCUT2D eigenvalue weighted by molar-refractivity contribution is 0.0652. The van der Waals surface area contributed by atoms with Crippen molar-refractivity contribution in [2.45, 2.75) is 64.8 Å². The van der Waals surface area contributed by atoms with Crippen LogP contribution >= 0.6 is 0 Å². The standard InChI is InChI=1S/C16H32N2/c1-4-16(10-7-11-17-12-16)13-18(3)15-9-6-5-8-14(15)2/h14-15,17H,4-13H2,1-3H3. The van der Waals surface area contributed by atoms with Crippen LogP contribution in [0.2, 0.25) is 0 Å². The van der Waals surface area contributed by atoms with Crippen molar-refractivity contribution in [2.24, 2.45) is 11.3 Å². The summed E-state index contributed by atoms with van der Waals surface area (Å²) in [5, 5.41) is 3.62.